The van der Waals surface area contributed by atoms with E-state index in [1.165, 1.54) is 12.1 Å². The summed E-state index contributed by atoms with van der Waals surface area (Å²) < 4.78 is 18.7. The smallest absolute Gasteiger partial charge is 0.345 e. The molecule has 1 aromatic carbocycles. The van der Waals surface area contributed by atoms with Crippen LogP contribution in [0.5, 0.6) is 0 Å². The highest BCUT2D eigenvalue weighted by molar-refractivity contribution is 5.88. The summed E-state index contributed by atoms with van der Waals surface area (Å²) in [4.78, 5) is 32.0. The van der Waals surface area contributed by atoms with Gasteiger partial charge in [0, 0.05) is 6.54 Å². The standard InChI is InChI=1S/C15H14FN5O3/c1-2-24-13(23)11-8-18-15-19-14(20-21(15)12(11)22)17-7-9-3-5-10(16)6-4-9/h3-6,8H,2,7H2,1H3,(H2,17,18,19,20). The Bertz CT molecular complexity index is 932. The monoisotopic (exact) mass is 331 g/mol. The summed E-state index contributed by atoms with van der Waals surface area (Å²) in [6.07, 6.45) is 1.14. The van der Waals surface area contributed by atoms with Gasteiger partial charge >= 0.3 is 5.97 Å². The fourth-order valence-corrected chi connectivity index (χ4v) is 2.07. The van der Waals surface area contributed by atoms with Crippen LogP contribution in [0.15, 0.2) is 35.3 Å². The molecule has 0 radical (unpaired) electrons. The van der Waals surface area contributed by atoms with Gasteiger partial charge in [0.25, 0.3) is 11.3 Å². The molecule has 24 heavy (non-hydrogen) atoms. The number of nitrogens with one attached hydrogen (secondary N) is 2. The lowest BCUT2D eigenvalue weighted by molar-refractivity contribution is 0.0523. The molecule has 0 atom stereocenters. The number of benzene rings is 1. The van der Waals surface area contributed by atoms with Crippen LogP contribution in [0.2, 0.25) is 0 Å². The van der Waals surface area contributed by atoms with E-state index in [2.05, 4.69) is 20.4 Å². The second-order valence-corrected chi connectivity index (χ2v) is 4.89. The molecule has 0 aliphatic heterocycles. The highest BCUT2D eigenvalue weighted by Crippen LogP contribution is 2.07. The molecule has 0 fully saturated rings. The first-order valence-electron chi connectivity index (χ1n) is 7.21. The van der Waals surface area contributed by atoms with Gasteiger partial charge in [-0.1, -0.05) is 12.1 Å². The van der Waals surface area contributed by atoms with Gasteiger partial charge in [0.15, 0.2) is 0 Å². The number of aromatic nitrogens is 4. The van der Waals surface area contributed by atoms with Crippen molar-refractivity contribution in [1.82, 2.24) is 19.6 Å². The summed E-state index contributed by atoms with van der Waals surface area (Å²) in [5.74, 6) is -0.635. The van der Waals surface area contributed by atoms with Crippen LogP contribution in [-0.4, -0.2) is 32.2 Å². The van der Waals surface area contributed by atoms with Crippen molar-refractivity contribution < 1.29 is 13.9 Å². The molecule has 124 valence electrons. The van der Waals surface area contributed by atoms with Gasteiger partial charge in [0.05, 0.1) is 12.8 Å². The number of hydrogen-bond acceptors (Lipinski definition) is 6. The molecule has 2 heterocycles. The third-order valence-corrected chi connectivity index (χ3v) is 3.24. The lowest BCUT2D eigenvalue weighted by atomic mass is 10.2. The van der Waals surface area contributed by atoms with Gasteiger partial charge in [-0.3, -0.25) is 9.89 Å². The molecule has 2 N–H and O–H groups in total. The summed E-state index contributed by atoms with van der Waals surface area (Å²) in [6.45, 7) is 2.18. The van der Waals surface area contributed by atoms with Crippen LogP contribution in [0, 0.1) is 5.82 Å². The molecule has 9 heteroatoms. The number of carbonyl (C=O) groups is 1. The summed E-state index contributed by atoms with van der Waals surface area (Å²) in [6, 6.07) is 5.98. The Balaban J connectivity index is 1.83. The minimum absolute atomic E-state index is 0.120. The first-order chi connectivity index (χ1) is 11.6. The van der Waals surface area contributed by atoms with Crippen LogP contribution in [0.1, 0.15) is 22.8 Å². The first-order valence-corrected chi connectivity index (χ1v) is 7.21. The Kier molecular flexibility index (Phi) is 4.23. The lowest BCUT2D eigenvalue weighted by Crippen LogP contribution is -2.24. The second-order valence-electron chi connectivity index (χ2n) is 4.89. The number of halogens is 1. The van der Waals surface area contributed by atoms with E-state index in [-0.39, 0.29) is 23.8 Å². The zero-order chi connectivity index (χ0) is 17.1. The third kappa shape index (κ3) is 3.09. The summed E-state index contributed by atoms with van der Waals surface area (Å²) >= 11 is 0. The second kappa shape index (κ2) is 6.49. The van der Waals surface area contributed by atoms with Gasteiger partial charge in [-0.05, 0) is 24.6 Å². The van der Waals surface area contributed by atoms with Crippen molar-refractivity contribution in [2.45, 2.75) is 13.5 Å². The number of hydrogen-bond donors (Lipinski definition) is 2. The number of nitrogens with zero attached hydrogens (tertiary/aromatic N) is 3. The Hall–Kier alpha value is -3.23. The highest BCUT2D eigenvalue weighted by Gasteiger charge is 2.16. The van der Waals surface area contributed by atoms with E-state index in [1.807, 2.05) is 0 Å². The molecule has 0 saturated heterocycles. The van der Waals surface area contributed by atoms with E-state index in [0.717, 1.165) is 16.3 Å². The maximum Gasteiger partial charge on any atom is 0.345 e. The number of H-pyrrole nitrogens is 1. The molecule has 0 bridgehead atoms. The number of ether oxygens (including phenoxy) is 1. The van der Waals surface area contributed by atoms with Crippen molar-refractivity contribution in [3.8, 4) is 0 Å². The minimum Gasteiger partial charge on any atom is -0.462 e. The predicted molar refractivity (Wildman–Crippen MR) is 83.3 cm³/mol. The van der Waals surface area contributed by atoms with Crippen molar-refractivity contribution in [3.05, 3.63) is 57.8 Å². The van der Waals surface area contributed by atoms with Crippen LogP contribution >= 0.6 is 0 Å². The molecule has 3 rings (SSSR count). The number of aromatic amines is 1. The van der Waals surface area contributed by atoms with Gasteiger partial charge in [-0.25, -0.2) is 14.2 Å². The van der Waals surface area contributed by atoms with Crippen LogP contribution in [0.4, 0.5) is 10.3 Å². The zero-order valence-electron chi connectivity index (χ0n) is 12.7. The lowest BCUT2D eigenvalue weighted by Gasteiger charge is -2.02. The van der Waals surface area contributed by atoms with Crippen molar-refractivity contribution >= 4 is 17.7 Å². The number of anilines is 1. The van der Waals surface area contributed by atoms with Gasteiger partial charge in [0.1, 0.15) is 11.4 Å². The molecular weight excluding hydrogens is 317 g/mol. The Morgan fingerprint density at radius 1 is 1.38 bits per heavy atom. The topological polar surface area (TPSA) is 101 Å². The molecule has 2 aromatic heterocycles. The fraction of sp³-hybridized carbons (Fsp3) is 0.200. The number of rotatable bonds is 5. The van der Waals surface area contributed by atoms with Gasteiger partial charge < -0.3 is 10.1 Å². The van der Waals surface area contributed by atoms with Gasteiger partial charge in [-0.2, -0.15) is 9.50 Å². The Morgan fingerprint density at radius 2 is 2.12 bits per heavy atom. The normalized spacial score (nSPS) is 10.8. The van der Waals surface area contributed by atoms with E-state index in [1.54, 1.807) is 19.1 Å². The maximum absolute atomic E-state index is 12.9. The molecular formula is C15H14FN5O3. The van der Waals surface area contributed by atoms with Crippen molar-refractivity contribution in [2.75, 3.05) is 11.9 Å². The number of esters is 1. The van der Waals surface area contributed by atoms with Crippen LogP contribution in [0.25, 0.3) is 5.78 Å². The average Bonchev–Trinajstić information content (AvgIpc) is 2.99. The average molecular weight is 331 g/mol. The molecule has 0 aliphatic carbocycles. The minimum atomic E-state index is -0.736. The van der Waals surface area contributed by atoms with Gasteiger partial charge in [0.2, 0.25) is 5.95 Å². The number of fused-ring (bicyclic) bond motifs is 1. The third-order valence-electron chi connectivity index (χ3n) is 3.24. The molecule has 0 amide bonds. The SMILES string of the molecule is CCOC(=O)c1cnc2nc(NCc3ccc(F)cc3)[nH]n2c1=O. The van der Waals surface area contributed by atoms with Crippen LogP contribution in [0.3, 0.4) is 0 Å². The van der Waals surface area contributed by atoms with Crippen molar-refractivity contribution in [2.24, 2.45) is 0 Å². The van der Waals surface area contributed by atoms with E-state index < -0.39 is 11.5 Å². The first kappa shape index (κ1) is 15.7. The zero-order valence-corrected chi connectivity index (χ0v) is 12.7. The van der Waals surface area contributed by atoms with E-state index in [0.29, 0.717) is 12.5 Å². The Labute approximate surface area is 135 Å². The predicted octanol–water partition coefficient (Wildman–Crippen LogP) is 1.35. The van der Waals surface area contributed by atoms with Gasteiger partial charge in [-0.15, -0.1) is 0 Å². The van der Waals surface area contributed by atoms with E-state index >= 15 is 0 Å². The molecule has 0 unspecified atom stereocenters. The summed E-state index contributed by atoms with van der Waals surface area (Å²) in [5, 5.41) is 5.69. The van der Waals surface area contributed by atoms with E-state index in [9.17, 15) is 14.0 Å². The fourth-order valence-electron chi connectivity index (χ4n) is 2.07. The molecule has 3 aromatic rings. The quantitative estimate of drug-likeness (QED) is 0.684. The van der Waals surface area contributed by atoms with Crippen LogP contribution < -0.4 is 10.9 Å². The summed E-state index contributed by atoms with van der Waals surface area (Å²) in [7, 11) is 0. The Morgan fingerprint density at radius 3 is 2.83 bits per heavy atom. The number of carbonyl (C=O) groups excluding carboxylic acids is 1. The van der Waals surface area contributed by atoms with Crippen molar-refractivity contribution in [1.29, 1.82) is 0 Å². The largest absolute Gasteiger partial charge is 0.462 e. The molecule has 0 saturated carbocycles. The van der Waals surface area contributed by atoms with Crippen molar-refractivity contribution in [3.63, 3.8) is 0 Å². The summed E-state index contributed by atoms with van der Waals surface area (Å²) in [5.41, 5.74) is 0.0632. The maximum atomic E-state index is 12.9. The van der Waals surface area contributed by atoms with E-state index in [4.69, 9.17) is 4.74 Å². The molecule has 8 nitrogen and oxygen atoms in total. The van der Waals surface area contributed by atoms with Crippen LogP contribution in [-0.2, 0) is 11.3 Å². The molecule has 0 aliphatic rings. The highest BCUT2D eigenvalue weighted by atomic mass is 19.1. The molecule has 0 spiro atoms.